The largest absolute Gasteiger partial charge is 0.434 e. The summed E-state index contributed by atoms with van der Waals surface area (Å²) in [5.41, 5.74) is 7.46. The highest BCUT2D eigenvalue weighted by Gasteiger charge is 2.16. The first-order chi connectivity index (χ1) is 9.08. The van der Waals surface area contributed by atoms with Crippen LogP contribution in [0.3, 0.4) is 0 Å². The number of rotatable bonds is 4. The average molecular weight is 328 g/mol. The third-order valence-corrected chi connectivity index (χ3v) is 3.23. The highest BCUT2D eigenvalue weighted by atomic mass is 79.9. The number of benzene rings is 2. The summed E-state index contributed by atoms with van der Waals surface area (Å²) in [4.78, 5) is 0. The van der Waals surface area contributed by atoms with E-state index in [4.69, 9.17) is 5.73 Å². The molecule has 0 aliphatic carbocycles. The number of nitrogens with two attached hydrogens (primary N) is 1. The molecule has 5 heteroatoms. The van der Waals surface area contributed by atoms with E-state index in [-0.39, 0.29) is 5.75 Å². The van der Waals surface area contributed by atoms with E-state index < -0.39 is 12.7 Å². The topological polar surface area (TPSA) is 35.2 Å². The normalized spacial score (nSPS) is 12.5. The average Bonchev–Trinajstić information content (AvgIpc) is 2.39. The lowest BCUT2D eigenvalue weighted by Crippen LogP contribution is -2.14. The minimum atomic E-state index is -2.86. The van der Waals surface area contributed by atoms with Gasteiger partial charge >= 0.3 is 6.61 Å². The van der Waals surface area contributed by atoms with E-state index in [0.29, 0.717) is 5.56 Å². The van der Waals surface area contributed by atoms with Crippen LogP contribution in [0.1, 0.15) is 17.2 Å². The van der Waals surface area contributed by atoms with Crippen LogP contribution in [-0.4, -0.2) is 6.61 Å². The van der Waals surface area contributed by atoms with Crippen molar-refractivity contribution in [1.29, 1.82) is 0 Å². The molecule has 0 saturated carbocycles. The Balaban J connectivity index is 2.32. The molecule has 0 saturated heterocycles. The van der Waals surface area contributed by atoms with Crippen molar-refractivity contribution in [3.05, 3.63) is 64.1 Å². The Morgan fingerprint density at radius 3 is 2.26 bits per heavy atom. The molecule has 0 aliphatic rings. The summed E-state index contributed by atoms with van der Waals surface area (Å²) < 4.78 is 30.1. The Kier molecular flexibility index (Phi) is 4.50. The number of halogens is 3. The molecule has 2 rings (SSSR count). The van der Waals surface area contributed by atoms with Crippen LogP contribution in [0.2, 0.25) is 0 Å². The Hall–Kier alpha value is -1.46. The molecule has 0 aliphatic heterocycles. The maximum Gasteiger partial charge on any atom is 0.387 e. The number of hydrogen-bond donors (Lipinski definition) is 1. The van der Waals surface area contributed by atoms with Crippen molar-refractivity contribution >= 4 is 15.9 Å². The first-order valence-corrected chi connectivity index (χ1v) is 6.42. The summed E-state index contributed by atoms with van der Waals surface area (Å²) >= 11 is 3.33. The second kappa shape index (κ2) is 6.12. The molecule has 2 aromatic carbocycles. The highest BCUT2D eigenvalue weighted by Crippen LogP contribution is 2.29. The van der Waals surface area contributed by atoms with Gasteiger partial charge in [0.05, 0.1) is 6.04 Å². The summed E-state index contributed by atoms with van der Waals surface area (Å²) in [6.07, 6.45) is 0. The number of ether oxygens (including phenoxy) is 1. The second-order valence-corrected chi connectivity index (χ2v) is 4.86. The Morgan fingerprint density at radius 2 is 1.63 bits per heavy atom. The fraction of sp³-hybridized carbons (Fsp3) is 0.143. The quantitative estimate of drug-likeness (QED) is 0.917. The molecule has 2 nitrogen and oxygen atoms in total. The molecule has 19 heavy (non-hydrogen) atoms. The monoisotopic (exact) mass is 327 g/mol. The van der Waals surface area contributed by atoms with Gasteiger partial charge in [-0.1, -0.05) is 46.3 Å². The molecule has 2 aromatic rings. The summed E-state index contributed by atoms with van der Waals surface area (Å²) in [7, 11) is 0. The van der Waals surface area contributed by atoms with Gasteiger partial charge in [0.25, 0.3) is 0 Å². The van der Waals surface area contributed by atoms with E-state index in [9.17, 15) is 8.78 Å². The summed E-state index contributed by atoms with van der Waals surface area (Å²) in [5.74, 6) is 0.105. The predicted octanol–water partition coefficient (Wildman–Crippen LogP) is 4.10. The molecular weight excluding hydrogens is 316 g/mol. The van der Waals surface area contributed by atoms with Crippen LogP contribution in [0, 0.1) is 0 Å². The van der Waals surface area contributed by atoms with E-state index in [1.54, 1.807) is 18.2 Å². The van der Waals surface area contributed by atoms with Gasteiger partial charge in [-0.2, -0.15) is 8.78 Å². The first kappa shape index (κ1) is 14.0. The molecule has 100 valence electrons. The molecule has 0 radical (unpaired) electrons. The lowest BCUT2D eigenvalue weighted by atomic mass is 9.99. The molecule has 1 atom stereocenters. The number of para-hydroxylation sites is 1. The summed E-state index contributed by atoms with van der Waals surface area (Å²) in [6, 6.07) is 13.4. The maximum atomic E-state index is 12.4. The minimum absolute atomic E-state index is 0.105. The van der Waals surface area contributed by atoms with Crippen LogP contribution in [0.4, 0.5) is 8.78 Å². The zero-order valence-corrected chi connectivity index (χ0v) is 11.5. The molecular formula is C14H12BrF2NO. The van der Waals surface area contributed by atoms with Gasteiger partial charge in [0.1, 0.15) is 5.75 Å². The van der Waals surface area contributed by atoms with Crippen molar-refractivity contribution < 1.29 is 13.5 Å². The zero-order chi connectivity index (χ0) is 13.8. The first-order valence-electron chi connectivity index (χ1n) is 5.62. The van der Waals surface area contributed by atoms with E-state index in [1.807, 2.05) is 24.3 Å². The van der Waals surface area contributed by atoms with Crippen molar-refractivity contribution in [3.8, 4) is 5.75 Å². The zero-order valence-electron chi connectivity index (χ0n) is 9.89. The standard InChI is InChI=1S/C14H12BrF2NO/c15-10-7-5-9(6-8-10)13(18)11-3-1-2-4-12(11)19-14(16)17/h1-8,13-14H,18H2. The third kappa shape index (κ3) is 3.52. The van der Waals surface area contributed by atoms with Gasteiger partial charge < -0.3 is 10.5 Å². The van der Waals surface area contributed by atoms with Crippen LogP contribution in [0.5, 0.6) is 5.75 Å². The molecule has 0 amide bonds. The molecule has 0 fully saturated rings. The fourth-order valence-electron chi connectivity index (χ4n) is 1.79. The SMILES string of the molecule is NC(c1ccc(Br)cc1)c1ccccc1OC(F)F. The molecule has 0 heterocycles. The molecule has 2 N–H and O–H groups in total. The van der Waals surface area contributed by atoms with Crippen molar-refractivity contribution in [2.45, 2.75) is 12.7 Å². The Bertz CT molecular complexity index is 545. The van der Waals surface area contributed by atoms with Gasteiger partial charge in [-0.15, -0.1) is 0 Å². The summed E-state index contributed by atoms with van der Waals surface area (Å²) in [6.45, 7) is -2.86. The van der Waals surface area contributed by atoms with Gasteiger partial charge in [0.15, 0.2) is 0 Å². The third-order valence-electron chi connectivity index (χ3n) is 2.70. The molecule has 1 unspecified atom stereocenters. The lowest BCUT2D eigenvalue weighted by molar-refractivity contribution is -0.0505. The number of hydrogen-bond acceptors (Lipinski definition) is 2. The maximum absolute atomic E-state index is 12.4. The van der Waals surface area contributed by atoms with E-state index in [1.165, 1.54) is 6.07 Å². The Morgan fingerprint density at radius 1 is 1.00 bits per heavy atom. The minimum Gasteiger partial charge on any atom is -0.434 e. The Labute approximate surface area is 118 Å². The van der Waals surface area contributed by atoms with Crippen LogP contribution >= 0.6 is 15.9 Å². The van der Waals surface area contributed by atoms with Gasteiger partial charge in [-0.05, 0) is 23.8 Å². The molecule has 0 bridgehead atoms. The summed E-state index contributed by atoms with van der Waals surface area (Å²) in [5, 5.41) is 0. The predicted molar refractivity (Wildman–Crippen MR) is 73.2 cm³/mol. The van der Waals surface area contributed by atoms with Crippen LogP contribution < -0.4 is 10.5 Å². The van der Waals surface area contributed by atoms with Crippen LogP contribution in [0.25, 0.3) is 0 Å². The number of alkyl halides is 2. The van der Waals surface area contributed by atoms with Crippen molar-refractivity contribution in [3.63, 3.8) is 0 Å². The smallest absolute Gasteiger partial charge is 0.387 e. The van der Waals surface area contributed by atoms with Crippen molar-refractivity contribution in [2.24, 2.45) is 5.73 Å². The van der Waals surface area contributed by atoms with Crippen LogP contribution in [0.15, 0.2) is 53.0 Å². The lowest BCUT2D eigenvalue weighted by Gasteiger charge is -2.17. The van der Waals surface area contributed by atoms with Crippen molar-refractivity contribution in [2.75, 3.05) is 0 Å². The van der Waals surface area contributed by atoms with Gasteiger partial charge in [0, 0.05) is 10.0 Å². The van der Waals surface area contributed by atoms with Crippen molar-refractivity contribution in [1.82, 2.24) is 0 Å². The van der Waals surface area contributed by atoms with Gasteiger partial charge in [-0.25, -0.2) is 0 Å². The molecule has 0 aromatic heterocycles. The second-order valence-electron chi connectivity index (χ2n) is 3.95. The van der Waals surface area contributed by atoms with Crippen LogP contribution in [-0.2, 0) is 0 Å². The van der Waals surface area contributed by atoms with E-state index in [0.717, 1.165) is 10.0 Å². The molecule has 0 spiro atoms. The van der Waals surface area contributed by atoms with E-state index in [2.05, 4.69) is 20.7 Å². The van der Waals surface area contributed by atoms with E-state index >= 15 is 0 Å². The van der Waals surface area contributed by atoms with Gasteiger partial charge in [-0.3, -0.25) is 0 Å². The highest BCUT2D eigenvalue weighted by molar-refractivity contribution is 9.10. The fourth-order valence-corrected chi connectivity index (χ4v) is 2.05. The van der Waals surface area contributed by atoms with Gasteiger partial charge in [0.2, 0.25) is 0 Å².